The van der Waals surface area contributed by atoms with E-state index in [4.69, 9.17) is 11.5 Å². The molecule has 1 fully saturated rings. The van der Waals surface area contributed by atoms with E-state index >= 15 is 0 Å². The van der Waals surface area contributed by atoms with Crippen molar-refractivity contribution in [1.82, 2.24) is 0 Å². The molecule has 0 heterocycles. The van der Waals surface area contributed by atoms with Gasteiger partial charge >= 0.3 is 0 Å². The van der Waals surface area contributed by atoms with Gasteiger partial charge in [0.2, 0.25) is 0 Å². The molecular formula is C12H18N2. The molecule has 0 spiro atoms. The van der Waals surface area contributed by atoms with Gasteiger partial charge < -0.3 is 11.5 Å². The summed E-state index contributed by atoms with van der Waals surface area (Å²) in [5, 5.41) is 0. The quantitative estimate of drug-likeness (QED) is 0.719. The van der Waals surface area contributed by atoms with Gasteiger partial charge in [0.1, 0.15) is 0 Å². The first-order valence-electron chi connectivity index (χ1n) is 5.28. The fourth-order valence-corrected chi connectivity index (χ4v) is 1.78. The minimum absolute atomic E-state index is 0.196. The highest BCUT2D eigenvalue weighted by Crippen LogP contribution is 2.36. The van der Waals surface area contributed by atoms with Gasteiger partial charge in [-0.2, -0.15) is 0 Å². The predicted octanol–water partition coefficient (Wildman–Crippen LogP) is 2.38. The fraction of sp³-hybridized carbons (Fsp3) is 0.500. The molecule has 1 aliphatic rings. The fourth-order valence-electron chi connectivity index (χ4n) is 1.78. The summed E-state index contributed by atoms with van der Waals surface area (Å²) in [7, 11) is 0. The summed E-state index contributed by atoms with van der Waals surface area (Å²) in [6.07, 6.45) is 3.85. The van der Waals surface area contributed by atoms with Gasteiger partial charge in [-0.3, -0.25) is 0 Å². The first-order chi connectivity index (χ1) is 6.66. The van der Waals surface area contributed by atoms with Crippen molar-refractivity contribution in [2.75, 3.05) is 5.73 Å². The first-order valence-corrected chi connectivity index (χ1v) is 5.28. The number of hydrogen-bond acceptors (Lipinski definition) is 2. The SMILES string of the molecule is Cc1cc(C(N)CC2CC2)ccc1N. The number of benzene rings is 1. The summed E-state index contributed by atoms with van der Waals surface area (Å²) >= 11 is 0. The molecule has 1 saturated carbocycles. The third kappa shape index (κ3) is 2.07. The molecule has 14 heavy (non-hydrogen) atoms. The molecule has 1 aromatic carbocycles. The van der Waals surface area contributed by atoms with Crippen LogP contribution in [-0.4, -0.2) is 0 Å². The van der Waals surface area contributed by atoms with Crippen LogP contribution in [0.15, 0.2) is 18.2 Å². The topological polar surface area (TPSA) is 52.0 Å². The Morgan fingerprint density at radius 3 is 2.71 bits per heavy atom. The lowest BCUT2D eigenvalue weighted by Crippen LogP contribution is -2.11. The van der Waals surface area contributed by atoms with Crippen molar-refractivity contribution < 1.29 is 0 Å². The standard InChI is InChI=1S/C12H18N2/c1-8-6-10(4-5-11(8)13)12(14)7-9-2-3-9/h4-6,9,12H,2-3,7,13-14H2,1H3. The van der Waals surface area contributed by atoms with Gasteiger partial charge in [0.05, 0.1) is 0 Å². The average molecular weight is 190 g/mol. The predicted molar refractivity (Wildman–Crippen MR) is 59.9 cm³/mol. The number of anilines is 1. The van der Waals surface area contributed by atoms with E-state index in [0.29, 0.717) is 0 Å². The van der Waals surface area contributed by atoms with Gasteiger partial charge in [0.25, 0.3) is 0 Å². The van der Waals surface area contributed by atoms with Gasteiger partial charge in [-0.15, -0.1) is 0 Å². The van der Waals surface area contributed by atoms with Gasteiger partial charge in [-0.1, -0.05) is 25.0 Å². The van der Waals surface area contributed by atoms with Gasteiger partial charge in [-0.05, 0) is 36.5 Å². The highest BCUT2D eigenvalue weighted by molar-refractivity contribution is 5.48. The highest BCUT2D eigenvalue weighted by atomic mass is 14.6. The highest BCUT2D eigenvalue weighted by Gasteiger charge is 2.24. The van der Waals surface area contributed by atoms with Crippen LogP contribution in [-0.2, 0) is 0 Å². The maximum absolute atomic E-state index is 6.11. The van der Waals surface area contributed by atoms with Crippen LogP contribution in [0.3, 0.4) is 0 Å². The van der Waals surface area contributed by atoms with Crippen molar-refractivity contribution in [2.45, 2.75) is 32.2 Å². The van der Waals surface area contributed by atoms with Crippen molar-refractivity contribution in [2.24, 2.45) is 11.7 Å². The molecule has 4 N–H and O–H groups in total. The van der Waals surface area contributed by atoms with Crippen LogP contribution < -0.4 is 11.5 Å². The Bertz CT molecular complexity index is 329. The van der Waals surface area contributed by atoms with E-state index in [0.717, 1.165) is 23.6 Å². The zero-order valence-corrected chi connectivity index (χ0v) is 8.66. The lowest BCUT2D eigenvalue weighted by molar-refractivity contribution is 0.597. The van der Waals surface area contributed by atoms with E-state index in [1.54, 1.807) is 0 Å². The Morgan fingerprint density at radius 1 is 1.43 bits per heavy atom. The zero-order chi connectivity index (χ0) is 10.1. The molecule has 1 aromatic rings. The number of nitrogen functional groups attached to an aromatic ring is 1. The van der Waals surface area contributed by atoms with Crippen LogP contribution in [0.2, 0.25) is 0 Å². The van der Waals surface area contributed by atoms with E-state index in [1.807, 2.05) is 13.0 Å². The van der Waals surface area contributed by atoms with Gasteiger partial charge in [-0.25, -0.2) is 0 Å². The number of rotatable bonds is 3. The number of hydrogen-bond donors (Lipinski definition) is 2. The largest absolute Gasteiger partial charge is 0.399 e. The summed E-state index contributed by atoms with van der Waals surface area (Å²) < 4.78 is 0. The second-order valence-corrected chi connectivity index (χ2v) is 4.40. The maximum Gasteiger partial charge on any atom is 0.0343 e. The van der Waals surface area contributed by atoms with Crippen molar-refractivity contribution in [1.29, 1.82) is 0 Å². The van der Waals surface area contributed by atoms with E-state index in [9.17, 15) is 0 Å². The molecular weight excluding hydrogens is 172 g/mol. The normalized spacial score (nSPS) is 18.1. The monoisotopic (exact) mass is 190 g/mol. The van der Waals surface area contributed by atoms with Crippen LogP contribution in [0.5, 0.6) is 0 Å². The van der Waals surface area contributed by atoms with Crippen molar-refractivity contribution in [3.8, 4) is 0 Å². The summed E-state index contributed by atoms with van der Waals surface area (Å²) in [6, 6.07) is 6.32. The third-order valence-corrected chi connectivity index (χ3v) is 3.01. The van der Waals surface area contributed by atoms with Crippen LogP contribution in [0.25, 0.3) is 0 Å². The molecule has 2 rings (SSSR count). The van der Waals surface area contributed by atoms with Crippen LogP contribution in [0.4, 0.5) is 5.69 Å². The van der Waals surface area contributed by atoms with Crippen LogP contribution >= 0.6 is 0 Å². The van der Waals surface area contributed by atoms with Gasteiger partial charge in [0.15, 0.2) is 0 Å². The summed E-state index contributed by atoms with van der Waals surface area (Å²) in [5.41, 5.74) is 15.1. The smallest absolute Gasteiger partial charge is 0.0343 e. The molecule has 0 aliphatic heterocycles. The molecule has 1 unspecified atom stereocenters. The molecule has 0 saturated heterocycles. The first kappa shape index (κ1) is 9.53. The van der Waals surface area contributed by atoms with E-state index in [2.05, 4.69) is 12.1 Å². The second kappa shape index (κ2) is 3.62. The van der Waals surface area contributed by atoms with E-state index in [-0.39, 0.29) is 6.04 Å². The van der Waals surface area contributed by atoms with E-state index in [1.165, 1.54) is 18.4 Å². The molecule has 2 heteroatoms. The molecule has 0 bridgehead atoms. The van der Waals surface area contributed by atoms with Crippen molar-refractivity contribution >= 4 is 5.69 Å². The summed E-state index contributed by atoms with van der Waals surface area (Å²) in [5.74, 6) is 0.878. The van der Waals surface area contributed by atoms with Crippen LogP contribution in [0, 0.1) is 12.8 Å². The Labute approximate surface area is 85.3 Å². The molecule has 1 atom stereocenters. The molecule has 0 aromatic heterocycles. The lowest BCUT2D eigenvalue weighted by atomic mass is 10.00. The molecule has 0 radical (unpaired) electrons. The number of nitrogens with two attached hydrogens (primary N) is 2. The Kier molecular flexibility index (Phi) is 2.46. The van der Waals surface area contributed by atoms with Crippen molar-refractivity contribution in [3.05, 3.63) is 29.3 Å². The number of aryl methyl sites for hydroxylation is 1. The minimum atomic E-state index is 0.196. The van der Waals surface area contributed by atoms with Crippen LogP contribution in [0.1, 0.15) is 36.4 Å². The third-order valence-electron chi connectivity index (χ3n) is 3.01. The Hall–Kier alpha value is -1.02. The maximum atomic E-state index is 6.11. The summed E-state index contributed by atoms with van der Waals surface area (Å²) in [4.78, 5) is 0. The lowest BCUT2D eigenvalue weighted by Gasteiger charge is -2.12. The average Bonchev–Trinajstić information content (AvgIpc) is 2.93. The second-order valence-electron chi connectivity index (χ2n) is 4.40. The molecule has 1 aliphatic carbocycles. The van der Waals surface area contributed by atoms with Crippen molar-refractivity contribution in [3.63, 3.8) is 0 Å². The van der Waals surface area contributed by atoms with E-state index < -0.39 is 0 Å². The minimum Gasteiger partial charge on any atom is -0.399 e. The zero-order valence-electron chi connectivity index (χ0n) is 8.66. The molecule has 2 nitrogen and oxygen atoms in total. The Morgan fingerprint density at radius 2 is 2.14 bits per heavy atom. The molecule has 76 valence electrons. The summed E-state index contributed by atoms with van der Waals surface area (Å²) in [6.45, 7) is 2.03. The molecule has 0 amide bonds. The Balaban J connectivity index is 2.10. The van der Waals surface area contributed by atoms with Gasteiger partial charge in [0, 0.05) is 11.7 Å².